The maximum absolute atomic E-state index is 13.5. The first-order valence-electron chi connectivity index (χ1n) is 10.5. The number of nitro groups is 1. The predicted molar refractivity (Wildman–Crippen MR) is 131 cm³/mol. The third kappa shape index (κ3) is 9.28. The van der Waals surface area contributed by atoms with E-state index in [1.807, 2.05) is 0 Å². The topological polar surface area (TPSA) is 183 Å². The highest BCUT2D eigenvalue weighted by molar-refractivity contribution is 7.91. The minimum absolute atomic E-state index is 0.118. The molecule has 2 rings (SSSR count). The van der Waals surface area contributed by atoms with Gasteiger partial charge in [-0.15, -0.1) is 6.42 Å². The van der Waals surface area contributed by atoms with Crippen LogP contribution in [0, 0.1) is 22.5 Å². The molecule has 14 nitrogen and oxygen atoms in total. The summed E-state index contributed by atoms with van der Waals surface area (Å²) in [7, 11) is -11.9. The third-order valence-corrected chi connectivity index (χ3v) is 7.83. The highest BCUT2D eigenvalue weighted by Gasteiger charge is 2.30. The molecule has 0 unspecified atom stereocenters. The van der Waals surface area contributed by atoms with Crippen LogP contribution < -0.4 is 10.2 Å². The lowest BCUT2D eigenvalue weighted by Crippen LogP contribution is -2.45. The summed E-state index contributed by atoms with van der Waals surface area (Å²) in [4.78, 5) is 13.2. The Morgan fingerprint density at radius 3 is 2.03 bits per heavy atom. The van der Waals surface area contributed by atoms with Gasteiger partial charge in [0.25, 0.3) is 25.9 Å². The highest BCUT2D eigenvalue weighted by atomic mass is 32.2. The van der Waals surface area contributed by atoms with Crippen molar-refractivity contribution in [1.82, 2.24) is 10.2 Å². The zero-order valence-corrected chi connectivity index (χ0v) is 22.2. The summed E-state index contributed by atoms with van der Waals surface area (Å²) in [5.74, 6) is 1.80. The van der Waals surface area contributed by atoms with Gasteiger partial charge in [-0.1, -0.05) is 5.92 Å². The van der Waals surface area contributed by atoms with Gasteiger partial charge in [-0.2, -0.15) is 16.8 Å². The fourth-order valence-corrected chi connectivity index (χ4v) is 5.92. The van der Waals surface area contributed by atoms with Crippen molar-refractivity contribution in [3.63, 3.8) is 0 Å². The van der Waals surface area contributed by atoms with Crippen LogP contribution in [-0.4, -0.2) is 106 Å². The van der Waals surface area contributed by atoms with Crippen LogP contribution in [0.1, 0.15) is 5.56 Å². The lowest BCUT2D eigenvalue weighted by molar-refractivity contribution is -0.385. The molecular formula is C19H28N4O10S3. The first-order chi connectivity index (χ1) is 16.6. The summed E-state index contributed by atoms with van der Waals surface area (Å²) >= 11 is 0. The Hall–Kier alpha value is -2.33. The van der Waals surface area contributed by atoms with Gasteiger partial charge in [-0.05, 0) is 0 Å². The summed E-state index contributed by atoms with van der Waals surface area (Å²) in [6.45, 7) is 0.617. The molecule has 36 heavy (non-hydrogen) atoms. The lowest BCUT2D eigenvalue weighted by Gasteiger charge is -2.30. The molecule has 0 spiro atoms. The Morgan fingerprint density at radius 2 is 1.58 bits per heavy atom. The molecule has 1 aromatic rings. The first-order valence-corrected chi connectivity index (χ1v) is 15.8. The van der Waals surface area contributed by atoms with Crippen molar-refractivity contribution in [1.29, 1.82) is 0 Å². The van der Waals surface area contributed by atoms with Crippen molar-refractivity contribution < 1.29 is 38.5 Å². The number of hydrogen-bond donors (Lipinski definition) is 1. The molecule has 1 aromatic carbocycles. The van der Waals surface area contributed by atoms with E-state index < -0.39 is 64.7 Å². The number of sulfone groups is 1. The standard InChI is InChI=1S/C19H28N4O10S3/c1-4-16-13-17(23(24)25)14-18(36(30,31)15-21-7-5-20-6-8-21)19(16)22(9-11-32-34(2,26)27)10-12-33-35(3,28)29/h1,13-14,20H,5-12,15H2,2-3H3. The number of non-ortho nitro benzene ring substituents is 1. The van der Waals surface area contributed by atoms with Gasteiger partial charge in [0.05, 0.1) is 46.8 Å². The third-order valence-electron chi connectivity index (χ3n) is 4.96. The van der Waals surface area contributed by atoms with E-state index in [0.29, 0.717) is 26.2 Å². The summed E-state index contributed by atoms with van der Waals surface area (Å²) in [5, 5.41) is 14.6. The molecule has 0 bridgehead atoms. The molecule has 0 atom stereocenters. The second-order valence-electron chi connectivity index (χ2n) is 7.89. The molecule has 0 radical (unpaired) electrons. The zero-order valence-electron chi connectivity index (χ0n) is 19.7. The second kappa shape index (κ2) is 12.3. The van der Waals surface area contributed by atoms with E-state index in [2.05, 4.69) is 11.2 Å². The number of hydrogen-bond acceptors (Lipinski definition) is 13. The van der Waals surface area contributed by atoms with E-state index >= 15 is 0 Å². The predicted octanol–water partition coefficient (Wildman–Crippen LogP) is -1.03. The Morgan fingerprint density at radius 1 is 1.06 bits per heavy atom. The van der Waals surface area contributed by atoms with Gasteiger partial charge in [0.2, 0.25) is 0 Å². The molecule has 1 fully saturated rings. The van der Waals surface area contributed by atoms with Gasteiger partial charge >= 0.3 is 0 Å². The van der Waals surface area contributed by atoms with Gasteiger partial charge in [0, 0.05) is 51.4 Å². The number of nitrogens with one attached hydrogen (secondary N) is 1. The molecule has 0 aromatic heterocycles. The molecule has 1 aliphatic heterocycles. The van der Waals surface area contributed by atoms with Gasteiger partial charge < -0.3 is 10.2 Å². The average Bonchev–Trinajstić information content (AvgIpc) is 2.76. The molecule has 1 heterocycles. The lowest BCUT2D eigenvalue weighted by atomic mass is 10.1. The summed E-state index contributed by atoms with van der Waals surface area (Å²) in [6, 6.07) is 1.90. The monoisotopic (exact) mass is 568 g/mol. The van der Waals surface area contributed by atoms with Crippen molar-refractivity contribution in [2.24, 2.45) is 0 Å². The Kier molecular flexibility index (Phi) is 10.2. The number of nitro benzene ring substituents is 1. The Labute approximate surface area is 210 Å². The molecule has 1 saturated heterocycles. The molecule has 1 N–H and O–H groups in total. The van der Waals surface area contributed by atoms with Crippen LogP contribution in [-0.2, 0) is 38.4 Å². The summed E-state index contributed by atoms with van der Waals surface area (Å²) < 4.78 is 82.2. The number of anilines is 1. The molecule has 0 aliphatic carbocycles. The molecule has 202 valence electrons. The number of nitrogens with zero attached hydrogens (tertiary/aromatic N) is 3. The number of piperazine rings is 1. The Bertz CT molecular complexity index is 1280. The van der Waals surface area contributed by atoms with Crippen LogP contribution in [0.4, 0.5) is 11.4 Å². The van der Waals surface area contributed by atoms with Crippen LogP contribution >= 0.6 is 0 Å². The number of rotatable bonds is 13. The number of terminal acetylenes is 1. The highest BCUT2D eigenvalue weighted by Crippen LogP contribution is 2.34. The normalized spacial score (nSPS) is 15.4. The van der Waals surface area contributed by atoms with E-state index in [1.165, 1.54) is 4.90 Å². The summed E-state index contributed by atoms with van der Waals surface area (Å²) in [6.07, 6.45) is 7.23. The van der Waals surface area contributed by atoms with Crippen molar-refractivity contribution >= 4 is 41.4 Å². The summed E-state index contributed by atoms with van der Waals surface area (Å²) in [5.41, 5.74) is -0.820. The average molecular weight is 569 g/mol. The van der Waals surface area contributed by atoms with Crippen LogP contribution in [0.15, 0.2) is 17.0 Å². The molecule has 1 aliphatic rings. The van der Waals surface area contributed by atoms with Gasteiger partial charge in [-0.3, -0.25) is 23.4 Å². The quantitative estimate of drug-likeness (QED) is 0.132. The smallest absolute Gasteiger partial charge is 0.272 e. The second-order valence-corrected chi connectivity index (χ2v) is 13.1. The maximum atomic E-state index is 13.5. The molecule has 17 heteroatoms. The van der Waals surface area contributed by atoms with Crippen LogP contribution in [0.2, 0.25) is 0 Å². The van der Waals surface area contributed by atoms with E-state index in [9.17, 15) is 35.4 Å². The minimum atomic E-state index is -4.19. The minimum Gasteiger partial charge on any atom is -0.365 e. The van der Waals surface area contributed by atoms with Gasteiger partial charge in [0.15, 0.2) is 9.84 Å². The van der Waals surface area contributed by atoms with Crippen LogP contribution in [0.25, 0.3) is 0 Å². The van der Waals surface area contributed by atoms with Crippen molar-refractivity contribution in [3.8, 4) is 12.3 Å². The SMILES string of the molecule is C#Cc1cc([N+](=O)[O-])cc(S(=O)(=O)CN2CCNCC2)c1N(CCOS(C)(=O)=O)CCOS(C)(=O)=O. The van der Waals surface area contributed by atoms with Crippen LogP contribution in [0.3, 0.4) is 0 Å². The molecule has 0 saturated carbocycles. The largest absolute Gasteiger partial charge is 0.365 e. The van der Waals surface area contributed by atoms with Crippen molar-refractivity contribution in [2.45, 2.75) is 4.90 Å². The fourth-order valence-electron chi connectivity index (χ4n) is 3.46. The van der Waals surface area contributed by atoms with Gasteiger partial charge in [-0.25, -0.2) is 8.42 Å². The van der Waals surface area contributed by atoms with Crippen molar-refractivity contribution in [3.05, 3.63) is 27.8 Å². The molecular weight excluding hydrogens is 540 g/mol. The van der Waals surface area contributed by atoms with Crippen molar-refractivity contribution in [2.75, 3.05) is 75.8 Å². The van der Waals surface area contributed by atoms with E-state index in [0.717, 1.165) is 24.6 Å². The maximum Gasteiger partial charge on any atom is 0.272 e. The van der Waals surface area contributed by atoms with Gasteiger partial charge in [0.1, 0.15) is 5.88 Å². The fraction of sp³-hybridized carbons (Fsp3) is 0.579. The zero-order chi connectivity index (χ0) is 27.1. The van der Waals surface area contributed by atoms with E-state index in [4.69, 9.17) is 14.8 Å². The van der Waals surface area contributed by atoms with E-state index in [-0.39, 0.29) is 24.3 Å². The molecule has 0 amide bonds. The van der Waals surface area contributed by atoms with E-state index in [1.54, 1.807) is 4.90 Å². The first kappa shape index (κ1) is 29.9. The van der Waals surface area contributed by atoms with Crippen LogP contribution in [0.5, 0.6) is 0 Å². The Balaban J connectivity index is 2.60. The number of benzene rings is 1.